The molecule has 0 spiro atoms. The third-order valence-corrected chi connectivity index (χ3v) is 4.85. The number of halogens is 1. The number of hydrogen-bond acceptors (Lipinski definition) is 4. The fourth-order valence-corrected chi connectivity index (χ4v) is 3.30. The monoisotopic (exact) mass is 374 g/mol. The van der Waals surface area contributed by atoms with Crippen molar-refractivity contribution in [3.8, 4) is 0 Å². The van der Waals surface area contributed by atoms with Gasteiger partial charge < -0.3 is 14.3 Å². The molecule has 1 aliphatic rings. The zero-order chi connectivity index (χ0) is 18.3. The van der Waals surface area contributed by atoms with Crippen molar-refractivity contribution in [2.24, 2.45) is 0 Å². The molecule has 1 N–H and O–H groups in total. The highest BCUT2D eigenvalue weighted by Gasteiger charge is 2.28. The summed E-state index contributed by atoms with van der Waals surface area (Å²) in [5, 5.41) is 3.34. The van der Waals surface area contributed by atoms with Gasteiger partial charge in [0.1, 0.15) is 12.4 Å². The number of amides is 1. The van der Waals surface area contributed by atoms with Crippen LogP contribution in [0.25, 0.3) is 11.1 Å². The molecule has 0 bridgehead atoms. The van der Waals surface area contributed by atoms with Gasteiger partial charge in [0.25, 0.3) is 0 Å². The van der Waals surface area contributed by atoms with E-state index in [1.807, 2.05) is 13.1 Å². The number of rotatable bonds is 6. The van der Waals surface area contributed by atoms with Crippen LogP contribution in [0.3, 0.4) is 0 Å². The Morgan fingerprint density at radius 3 is 2.96 bits per heavy atom. The molecule has 7 nitrogen and oxygen atoms in total. The van der Waals surface area contributed by atoms with Gasteiger partial charge in [-0.05, 0) is 31.9 Å². The molecule has 0 aliphatic heterocycles. The molecule has 3 aromatic rings. The van der Waals surface area contributed by atoms with E-state index >= 15 is 0 Å². The van der Waals surface area contributed by atoms with Crippen molar-refractivity contribution in [3.05, 3.63) is 51.5 Å². The average Bonchev–Trinajstić information content (AvgIpc) is 3.31. The molecule has 0 radical (unpaired) electrons. The summed E-state index contributed by atoms with van der Waals surface area (Å²) in [6, 6.07) is 4.90. The Balaban J connectivity index is 1.40. The second kappa shape index (κ2) is 6.64. The van der Waals surface area contributed by atoms with Gasteiger partial charge in [0, 0.05) is 42.0 Å². The predicted octanol–water partition coefficient (Wildman–Crippen LogP) is 2.45. The van der Waals surface area contributed by atoms with Crippen molar-refractivity contribution in [1.29, 1.82) is 0 Å². The standard InChI is InChI=1S/C18H19ClN4O3/c1-11-9-21-17(12-2-3-12)22(11)7-6-20-16(24)10-23-14-5-4-13(19)8-15(14)26-18(23)25/h4-5,8-9,12H,2-3,6-7,10H2,1H3,(H,20,24). The minimum Gasteiger partial charge on any atom is -0.408 e. The maximum absolute atomic E-state index is 12.3. The summed E-state index contributed by atoms with van der Waals surface area (Å²) in [4.78, 5) is 28.7. The molecule has 8 heteroatoms. The summed E-state index contributed by atoms with van der Waals surface area (Å²) >= 11 is 5.90. The Bertz CT molecular complexity index is 1030. The number of imidazole rings is 1. The number of benzene rings is 1. The number of oxazole rings is 1. The highest BCUT2D eigenvalue weighted by Crippen LogP contribution is 2.39. The van der Waals surface area contributed by atoms with Crippen LogP contribution in [0, 0.1) is 6.92 Å². The van der Waals surface area contributed by atoms with Crippen LogP contribution in [0.1, 0.15) is 30.3 Å². The zero-order valence-electron chi connectivity index (χ0n) is 14.4. The van der Waals surface area contributed by atoms with E-state index in [4.69, 9.17) is 16.0 Å². The second-order valence-corrected chi connectivity index (χ2v) is 7.04. The van der Waals surface area contributed by atoms with E-state index in [0.717, 1.165) is 11.5 Å². The Morgan fingerprint density at radius 1 is 1.38 bits per heavy atom. The summed E-state index contributed by atoms with van der Waals surface area (Å²) in [7, 11) is 0. The van der Waals surface area contributed by atoms with Gasteiger partial charge >= 0.3 is 5.76 Å². The molecule has 2 heterocycles. The van der Waals surface area contributed by atoms with E-state index in [1.54, 1.807) is 18.2 Å². The van der Waals surface area contributed by atoms with E-state index in [0.29, 0.717) is 35.1 Å². The van der Waals surface area contributed by atoms with E-state index in [1.165, 1.54) is 17.4 Å². The summed E-state index contributed by atoms with van der Waals surface area (Å²) < 4.78 is 8.60. The number of hydrogen-bond donors (Lipinski definition) is 1. The first-order valence-corrected chi connectivity index (χ1v) is 8.98. The van der Waals surface area contributed by atoms with Crippen molar-refractivity contribution >= 4 is 28.6 Å². The van der Waals surface area contributed by atoms with E-state index in [-0.39, 0.29) is 12.5 Å². The Kier molecular flexibility index (Phi) is 4.32. The number of aryl methyl sites for hydroxylation is 1. The van der Waals surface area contributed by atoms with E-state index < -0.39 is 5.76 Å². The molecule has 0 unspecified atom stereocenters. The van der Waals surface area contributed by atoms with Gasteiger partial charge in [0.05, 0.1) is 5.52 Å². The van der Waals surface area contributed by atoms with Crippen LogP contribution in [0.15, 0.2) is 33.6 Å². The first-order chi connectivity index (χ1) is 12.5. The molecule has 1 saturated carbocycles. The summed E-state index contributed by atoms with van der Waals surface area (Å²) in [6.45, 7) is 3.07. The third kappa shape index (κ3) is 3.26. The number of carbonyl (C=O) groups is 1. The maximum atomic E-state index is 12.3. The summed E-state index contributed by atoms with van der Waals surface area (Å²) in [5.74, 6) is 0.849. The number of nitrogens with one attached hydrogen (secondary N) is 1. The smallest absolute Gasteiger partial charge is 0.408 e. The lowest BCUT2D eigenvalue weighted by Gasteiger charge is -2.11. The van der Waals surface area contributed by atoms with Gasteiger partial charge in [-0.15, -0.1) is 0 Å². The van der Waals surface area contributed by atoms with Crippen molar-refractivity contribution in [2.75, 3.05) is 6.54 Å². The largest absolute Gasteiger partial charge is 0.420 e. The summed E-state index contributed by atoms with van der Waals surface area (Å²) in [6.07, 6.45) is 4.24. The number of aromatic nitrogens is 3. The van der Waals surface area contributed by atoms with Gasteiger partial charge in [0.15, 0.2) is 5.58 Å². The van der Waals surface area contributed by atoms with Gasteiger partial charge in [-0.25, -0.2) is 9.78 Å². The molecule has 2 aromatic heterocycles. The third-order valence-electron chi connectivity index (χ3n) is 4.62. The number of carbonyl (C=O) groups excluding carboxylic acids is 1. The van der Waals surface area contributed by atoms with Gasteiger partial charge in [-0.1, -0.05) is 11.6 Å². The highest BCUT2D eigenvalue weighted by molar-refractivity contribution is 6.31. The van der Waals surface area contributed by atoms with Crippen molar-refractivity contribution in [2.45, 2.75) is 38.8 Å². The zero-order valence-corrected chi connectivity index (χ0v) is 15.1. The lowest BCUT2D eigenvalue weighted by Crippen LogP contribution is -2.33. The SMILES string of the molecule is Cc1cnc(C2CC2)n1CCNC(=O)Cn1c(=O)oc2cc(Cl)ccc21. The van der Waals surface area contributed by atoms with Crippen molar-refractivity contribution in [1.82, 2.24) is 19.4 Å². The molecular formula is C18H19ClN4O3. The van der Waals surface area contributed by atoms with Crippen molar-refractivity contribution < 1.29 is 9.21 Å². The molecule has 0 saturated heterocycles. The second-order valence-electron chi connectivity index (χ2n) is 6.60. The predicted molar refractivity (Wildman–Crippen MR) is 97.4 cm³/mol. The minimum atomic E-state index is -0.570. The minimum absolute atomic E-state index is 0.0914. The van der Waals surface area contributed by atoms with Crippen molar-refractivity contribution in [3.63, 3.8) is 0 Å². The molecule has 1 fully saturated rings. The molecule has 136 valence electrons. The van der Waals surface area contributed by atoms with Crippen LogP contribution >= 0.6 is 11.6 Å². The molecule has 0 atom stereocenters. The van der Waals surface area contributed by atoms with Crippen LogP contribution in [0.4, 0.5) is 0 Å². The summed E-state index contributed by atoms with van der Waals surface area (Å²) in [5.41, 5.74) is 2.02. The molecule has 1 amide bonds. The van der Waals surface area contributed by atoms with E-state index in [2.05, 4.69) is 14.9 Å². The maximum Gasteiger partial charge on any atom is 0.420 e. The van der Waals surface area contributed by atoms with Crippen LogP contribution < -0.4 is 11.1 Å². The fraction of sp³-hybridized carbons (Fsp3) is 0.389. The molecule has 1 aliphatic carbocycles. The van der Waals surface area contributed by atoms with Gasteiger partial charge in [0.2, 0.25) is 5.91 Å². The molecule has 26 heavy (non-hydrogen) atoms. The lowest BCUT2D eigenvalue weighted by atomic mass is 10.3. The fourth-order valence-electron chi connectivity index (χ4n) is 3.13. The lowest BCUT2D eigenvalue weighted by molar-refractivity contribution is -0.121. The van der Waals surface area contributed by atoms with E-state index in [9.17, 15) is 9.59 Å². The Morgan fingerprint density at radius 2 is 2.19 bits per heavy atom. The van der Waals surface area contributed by atoms with Crippen LogP contribution in [0.2, 0.25) is 5.02 Å². The van der Waals surface area contributed by atoms with Crippen LogP contribution in [0.5, 0.6) is 0 Å². The first-order valence-electron chi connectivity index (χ1n) is 8.60. The quantitative estimate of drug-likeness (QED) is 0.718. The molecule has 4 rings (SSSR count). The average molecular weight is 375 g/mol. The van der Waals surface area contributed by atoms with Crippen LogP contribution in [-0.2, 0) is 17.9 Å². The topological polar surface area (TPSA) is 82.1 Å². The van der Waals surface area contributed by atoms with Gasteiger partial charge in [-0.3, -0.25) is 9.36 Å². The number of fused-ring (bicyclic) bond motifs is 1. The molecular weight excluding hydrogens is 356 g/mol. The van der Waals surface area contributed by atoms with Crippen LogP contribution in [-0.4, -0.2) is 26.6 Å². The number of nitrogens with zero attached hydrogens (tertiary/aromatic N) is 3. The first kappa shape index (κ1) is 16.9. The highest BCUT2D eigenvalue weighted by atomic mass is 35.5. The molecule has 1 aromatic carbocycles. The normalized spacial score (nSPS) is 14.1. The Hall–Kier alpha value is -2.54. The Labute approximate surface area is 154 Å². The van der Waals surface area contributed by atoms with Gasteiger partial charge in [-0.2, -0.15) is 0 Å².